The Hall–Kier alpha value is 0.390. The highest BCUT2D eigenvalue weighted by Gasteiger charge is 2.00. The molecule has 2 N–H and O–H groups in total. The van der Waals surface area contributed by atoms with E-state index in [1.807, 2.05) is 0 Å². The number of hydrogen-bond acceptors (Lipinski definition) is 1. The first-order valence-corrected chi connectivity index (χ1v) is 7.17. The topological polar surface area (TPSA) is 26.0 Å². The van der Waals surface area contributed by atoms with Crippen LogP contribution in [0.1, 0.15) is 39.5 Å². The Bertz CT molecular complexity index is 81.9. The van der Waals surface area contributed by atoms with Crippen molar-refractivity contribution >= 4 is 7.92 Å². The van der Waals surface area contributed by atoms with E-state index >= 15 is 0 Å². The monoisotopic (exact) mass is 189 g/mol. The van der Waals surface area contributed by atoms with E-state index < -0.39 is 0 Å². The lowest BCUT2D eigenvalue weighted by Crippen LogP contribution is -1.98. The Morgan fingerprint density at radius 1 is 0.917 bits per heavy atom. The average molecular weight is 189 g/mol. The molecule has 0 heterocycles. The standard InChI is InChI=1S/C10H24NP/c1-3-12(4-2)10-8-6-5-7-9-11/h3-11H2,1-2H3. The van der Waals surface area contributed by atoms with Gasteiger partial charge in [-0.1, -0.05) is 26.7 Å². The smallest absolute Gasteiger partial charge is 0.00773 e. The van der Waals surface area contributed by atoms with Crippen LogP contribution in [0.3, 0.4) is 0 Å². The molecule has 0 spiro atoms. The van der Waals surface area contributed by atoms with Crippen molar-refractivity contribution in [1.29, 1.82) is 0 Å². The van der Waals surface area contributed by atoms with Gasteiger partial charge in [-0.25, -0.2) is 0 Å². The van der Waals surface area contributed by atoms with E-state index in [1.165, 1.54) is 44.2 Å². The van der Waals surface area contributed by atoms with Crippen LogP contribution in [0, 0.1) is 0 Å². The molecule has 12 heavy (non-hydrogen) atoms. The van der Waals surface area contributed by atoms with Gasteiger partial charge in [-0.05, 0) is 37.9 Å². The van der Waals surface area contributed by atoms with Gasteiger partial charge in [-0.2, -0.15) is 0 Å². The molecule has 1 nitrogen and oxygen atoms in total. The molecule has 0 fully saturated rings. The molecule has 0 aromatic heterocycles. The molecule has 0 aliphatic carbocycles. The van der Waals surface area contributed by atoms with Crippen molar-refractivity contribution < 1.29 is 0 Å². The van der Waals surface area contributed by atoms with E-state index in [1.54, 1.807) is 0 Å². The highest BCUT2D eigenvalue weighted by Crippen LogP contribution is 2.35. The van der Waals surface area contributed by atoms with Crippen molar-refractivity contribution in [2.75, 3.05) is 25.0 Å². The van der Waals surface area contributed by atoms with Gasteiger partial charge in [-0.15, -0.1) is 7.92 Å². The summed E-state index contributed by atoms with van der Waals surface area (Å²) in [7, 11) is 0.392. The SMILES string of the molecule is CCP(CC)CCCCCCN. The number of rotatable bonds is 8. The van der Waals surface area contributed by atoms with Crippen LogP contribution in [0.5, 0.6) is 0 Å². The lowest BCUT2D eigenvalue weighted by Gasteiger charge is -2.12. The highest BCUT2D eigenvalue weighted by atomic mass is 31.1. The Kier molecular flexibility index (Phi) is 9.79. The predicted octanol–water partition coefficient (Wildman–Crippen LogP) is 3.03. The molecule has 0 unspecified atom stereocenters. The summed E-state index contributed by atoms with van der Waals surface area (Å²) in [6, 6.07) is 0. The van der Waals surface area contributed by atoms with Crippen molar-refractivity contribution in [2.24, 2.45) is 5.73 Å². The Balaban J connectivity index is 3.06. The third-order valence-electron chi connectivity index (χ3n) is 2.32. The second-order valence-corrected chi connectivity index (χ2v) is 6.28. The van der Waals surface area contributed by atoms with Crippen molar-refractivity contribution in [2.45, 2.75) is 39.5 Å². The van der Waals surface area contributed by atoms with Crippen molar-refractivity contribution in [3.8, 4) is 0 Å². The number of nitrogens with two attached hydrogens (primary N) is 1. The third-order valence-corrected chi connectivity index (χ3v) is 5.06. The minimum Gasteiger partial charge on any atom is -0.330 e. The van der Waals surface area contributed by atoms with Crippen LogP contribution in [0.25, 0.3) is 0 Å². The molecule has 74 valence electrons. The zero-order valence-corrected chi connectivity index (χ0v) is 9.58. The minimum atomic E-state index is 0.392. The molecule has 0 rings (SSSR count). The zero-order valence-electron chi connectivity index (χ0n) is 8.68. The van der Waals surface area contributed by atoms with Crippen LogP contribution in [0.4, 0.5) is 0 Å². The van der Waals surface area contributed by atoms with Gasteiger partial charge < -0.3 is 5.73 Å². The van der Waals surface area contributed by atoms with E-state index in [9.17, 15) is 0 Å². The molecule has 2 heteroatoms. The van der Waals surface area contributed by atoms with Gasteiger partial charge in [0.1, 0.15) is 0 Å². The summed E-state index contributed by atoms with van der Waals surface area (Å²) in [5.74, 6) is 0. The van der Waals surface area contributed by atoms with Crippen LogP contribution >= 0.6 is 7.92 Å². The Morgan fingerprint density at radius 3 is 2.00 bits per heavy atom. The molecular formula is C10H24NP. The molecule has 0 saturated carbocycles. The predicted molar refractivity (Wildman–Crippen MR) is 60.4 cm³/mol. The summed E-state index contributed by atoms with van der Waals surface area (Å²) in [5, 5.41) is 0. The van der Waals surface area contributed by atoms with Gasteiger partial charge in [0.2, 0.25) is 0 Å². The summed E-state index contributed by atoms with van der Waals surface area (Å²) in [6.45, 7) is 5.53. The summed E-state index contributed by atoms with van der Waals surface area (Å²) in [4.78, 5) is 0. The number of hydrogen-bond donors (Lipinski definition) is 1. The second-order valence-electron chi connectivity index (χ2n) is 3.23. The summed E-state index contributed by atoms with van der Waals surface area (Å²) in [6.07, 6.45) is 9.73. The molecule has 0 saturated heterocycles. The molecule has 0 aliphatic heterocycles. The molecule has 0 radical (unpaired) electrons. The molecule has 0 atom stereocenters. The van der Waals surface area contributed by atoms with E-state index in [0.717, 1.165) is 6.54 Å². The molecular weight excluding hydrogens is 165 g/mol. The maximum atomic E-state index is 5.43. The lowest BCUT2D eigenvalue weighted by molar-refractivity contribution is 0.676. The van der Waals surface area contributed by atoms with Crippen LogP contribution in [-0.2, 0) is 0 Å². The number of unbranched alkanes of at least 4 members (excludes halogenated alkanes) is 3. The molecule has 0 aromatic carbocycles. The van der Waals surface area contributed by atoms with Gasteiger partial charge in [-0.3, -0.25) is 0 Å². The largest absolute Gasteiger partial charge is 0.330 e. The molecule has 0 aromatic rings. The zero-order chi connectivity index (χ0) is 9.23. The van der Waals surface area contributed by atoms with Gasteiger partial charge >= 0.3 is 0 Å². The fraction of sp³-hybridized carbons (Fsp3) is 1.00. The van der Waals surface area contributed by atoms with Crippen molar-refractivity contribution in [3.05, 3.63) is 0 Å². The Morgan fingerprint density at radius 2 is 1.50 bits per heavy atom. The van der Waals surface area contributed by atoms with Crippen LogP contribution in [-0.4, -0.2) is 25.0 Å². The first-order chi connectivity index (χ1) is 5.85. The highest BCUT2D eigenvalue weighted by molar-refractivity contribution is 7.57. The second kappa shape index (κ2) is 9.48. The lowest BCUT2D eigenvalue weighted by atomic mass is 10.2. The maximum Gasteiger partial charge on any atom is -0.00773 e. The van der Waals surface area contributed by atoms with E-state index in [0.29, 0.717) is 7.92 Å². The molecule has 0 amide bonds. The van der Waals surface area contributed by atoms with Gasteiger partial charge in [0.05, 0.1) is 0 Å². The first-order valence-electron chi connectivity index (χ1n) is 5.27. The maximum absolute atomic E-state index is 5.43. The molecule has 0 bridgehead atoms. The van der Waals surface area contributed by atoms with E-state index in [2.05, 4.69) is 13.8 Å². The van der Waals surface area contributed by atoms with Crippen LogP contribution in [0.15, 0.2) is 0 Å². The van der Waals surface area contributed by atoms with Crippen LogP contribution < -0.4 is 5.73 Å². The quantitative estimate of drug-likeness (QED) is 0.461. The van der Waals surface area contributed by atoms with Crippen molar-refractivity contribution in [1.82, 2.24) is 0 Å². The average Bonchev–Trinajstić information content (AvgIpc) is 2.11. The molecule has 0 aliphatic rings. The van der Waals surface area contributed by atoms with E-state index in [4.69, 9.17) is 5.73 Å². The van der Waals surface area contributed by atoms with Gasteiger partial charge in [0.15, 0.2) is 0 Å². The fourth-order valence-corrected chi connectivity index (χ4v) is 3.12. The minimum absolute atomic E-state index is 0.392. The van der Waals surface area contributed by atoms with Crippen molar-refractivity contribution in [3.63, 3.8) is 0 Å². The Labute approximate surface area is 78.9 Å². The van der Waals surface area contributed by atoms with Crippen LogP contribution in [0.2, 0.25) is 0 Å². The van der Waals surface area contributed by atoms with Gasteiger partial charge in [0, 0.05) is 0 Å². The summed E-state index contributed by atoms with van der Waals surface area (Å²) < 4.78 is 0. The summed E-state index contributed by atoms with van der Waals surface area (Å²) >= 11 is 0. The van der Waals surface area contributed by atoms with E-state index in [-0.39, 0.29) is 0 Å². The normalized spacial score (nSPS) is 11.0. The third kappa shape index (κ3) is 7.06. The first kappa shape index (κ1) is 12.4. The van der Waals surface area contributed by atoms with Gasteiger partial charge in [0.25, 0.3) is 0 Å². The fourth-order valence-electron chi connectivity index (χ4n) is 1.37. The summed E-state index contributed by atoms with van der Waals surface area (Å²) in [5.41, 5.74) is 5.43.